The Morgan fingerprint density at radius 2 is 1.81 bits per heavy atom. The maximum atomic E-state index is 12.9. The standard InChI is InChI=1S/C29H31N3O5/c1-21(22-6-3-2-4-7-22)16-26(33)31-12-10-29(35,11-13-31)19-32-20-30-25(18-27(32)34)23-8-5-9-24(17-23)28-36-14-15-37-28/h2-9,14-15,17-18,20-21,28,35H,10-13,16,19H2,1H3/t21-/m1/s1. The van der Waals surface area contributed by atoms with Gasteiger partial charge in [-0.2, -0.15) is 0 Å². The Labute approximate surface area is 215 Å². The second kappa shape index (κ2) is 10.6. The number of amides is 1. The molecule has 0 radical (unpaired) electrons. The topological polar surface area (TPSA) is 93.9 Å². The fraction of sp³-hybridized carbons (Fsp3) is 0.345. The molecule has 2 aliphatic heterocycles. The molecule has 1 saturated heterocycles. The third kappa shape index (κ3) is 5.75. The van der Waals surface area contributed by atoms with Gasteiger partial charge in [0.25, 0.3) is 11.8 Å². The van der Waals surface area contributed by atoms with Crippen molar-refractivity contribution in [1.29, 1.82) is 0 Å². The molecule has 1 N–H and O–H groups in total. The molecule has 0 bridgehead atoms. The zero-order chi connectivity index (χ0) is 25.8. The Bertz CT molecular complexity index is 1320. The average molecular weight is 502 g/mol. The summed E-state index contributed by atoms with van der Waals surface area (Å²) in [4.78, 5) is 32.0. The molecule has 37 heavy (non-hydrogen) atoms. The summed E-state index contributed by atoms with van der Waals surface area (Å²) in [5.41, 5.74) is 1.96. The number of likely N-dealkylation sites (tertiary alicyclic amines) is 1. The van der Waals surface area contributed by atoms with Crippen molar-refractivity contribution in [1.82, 2.24) is 14.5 Å². The van der Waals surface area contributed by atoms with E-state index in [1.165, 1.54) is 29.5 Å². The molecule has 3 heterocycles. The number of piperidine rings is 1. The van der Waals surface area contributed by atoms with Gasteiger partial charge in [0.2, 0.25) is 5.91 Å². The molecule has 5 rings (SSSR count). The number of ether oxygens (including phenoxy) is 2. The predicted octanol–water partition coefficient (Wildman–Crippen LogP) is 3.97. The molecular formula is C29H31N3O5. The lowest BCUT2D eigenvalue weighted by molar-refractivity contribution is -0.136. The number of carbonyl (C=O) groups excluding carboxylic acids is 1. The van der Waals surface area contributed by atoms with Crippen molar-refractivity contribution >= 4 is 5.91 Å². The highest BCUT2D eigenvalue weighted by molar-refractivity contribution is 5.77. The number of aromatic nitrogens is 2. The molecule has 0 saturated carbocycles. The van der Waals surface area contributed by atoms with Crippen molar-refractivity contribution in [2.75, 3.05) is 13.1 Å². The minimum absolute atomic E-state index is 0.0907. The molecule has 0 aliphatic carbocycles. The maximum Gasteiger partial charge on any atom is 0.266 e. The van der Waals surface area contributed by atoms with Crippen LogP contribution in [0.4, 0.5) is 0 Å². The molecule has 1 amide bonds. The summed E-state index contributed by atoms with van der Waals surface area (Å²) in [5.74, 6) is 0.223. The number of hydrogen-bond acceptors (Lipinski definition) is 6. The summed E-state index contributed by atoms with van der Waals surface area (Å²) in [6.45, 7) is 3.12. The van der Waals surface area contributed by atoms with Crippen molar-refractivity contribution in [3.8, 4) is 11.3 Å². The molecule has 3 aromatic rings. The number of benzene rings is 2. The molecule has 1 fully saturated rings. The number of nitrogens with zero attached hydrogens (tertiary/aromatic N) is 3. The first kappa shape index (κ1) is 24.8. The molecule has 0 spiro atoms. The Hall–Kier alpha value is -3.91. The van der Waals surface area contributed by atoms with E-state index in [0.29, 0.717) is 38.0 Å². The number of hydrogen-bond donors (Lipinski definition) is 1. The maximum absolute atomic E-state index is 12.9. The first-order valence-electron chi connectivity index (χ1n) is 12.6. The van der Waals surface area contributed by atoms with Gasteiger partial charge in [0.1, 0.15) is 12.5 Å². The monoisotopic (exact) mass is 501 g/mol. The van der Waals surface area contributed by atoms with Gasteiger partial charge in [-0.05, 0) is 30.4 Å². The van der Waals surface area contributed by atoms with Crippen LogP contribution in [0.1, 0.15) is 49.5 Å². The molecule has 8 nitrogen and oxygen atoms in total. The fourth-order valence-electron chi connectivity index (χ4n) is 4.88. The van der Waals surface area contributed by atoms with Crippen LogP contribution in [0.5, 0.6) is 0 Å². The van der Waals surface area contributed by atoms with E-state index in [1.54, 1.807) is 0 Å². The molecule has 2 aliphatic rings. The van der Waals surface area contributed by atoms with Crippen molar-refractivity contribution < 1.29 is 19.4 Å². The Balaban J connectivity index is 1.19. The van der Waals surface area contributed by atoms with Crippen molar-refractivity contribution in [2.45, 2.75) is 50.5 Å². The van der Waals surface area contributed by atoms with E-state index in [2.05, 4.69) is 11.9 Å². The average Bonchev–Trinajstić information content (AvgIpc) is 3.46. The van der Waals surface area contributed by atoms with E-state index >= 15 is 0 Å². The summed E-state index contributed by atoms with van der Waals surface area (Å²) in [5, 5.41) is 11.2. The number of aliphatic hydroxyl groups is 1. The molecule has 1 aromatic heterocycles. The second-order valence-electron chi connectivity index (χ2n) is 9.86. The Kier molecular flexibility index (Phi) is 7.10. The van der Waals surface area contributed by atoms with Crippen LogP contribution < -0.4 is 5.56 Å². The highest BCUT2D eigenvalue weighted by atomic mass is 16.7. The van der Waals surface area contributed by atoms with Crippen LogP contribution in [0.2, 0.25) is 0 Å². The molecule has 8 heteroatoms. The van der Waals surface area contributed by atoms with Crippen LogP contribution in [0.25, 0.3) is 11.3 Å². The van der Waals surface area contributed by atoms with Gasteiger partial charge in [-0.25, -0.2) is 4.98 Å². The van der Waals surface area contributed by atoms with Gasteiger partial charge in [0.05, 0.1) is 24.2 Å². The minimum atomic E-state index is -1.07. The van der Waals surface area contributed by atoms with E-state index in [1.807, 2.05) is 59.5 Å². The smallest absolute Gasteiger partial charge is 0.266 e. The SMILES string of the molecule is C[C@H](CC(=O)N1CCC(O)(Cn2cnc(-c3cccc(C4OC=CO4)c3)cc2=O)CC1)c1ccccc1. The lowest BCUT2D eigenvalue weighted by atomic mass is 9.90. The van der Waals surface area contributed by atoms with E-state index in [4.69, 9.17) is 9.47 Å². The van der Waals surface area contributed by atoms with Gasteiger partial charge in [-0.1, -0.05) is 55.5 Å². The van der Waals surface area contributed by atoms with E-state index in [-0.39, 0.29) is 23.9 Å². The Morgan fingerprint density at radius 1 is 1.08 bits per heavy atom. The number of carbonyl (C=O) groups is 1. The van der Waals surface area contributed by atoms with Gasteiger partial charge >= 0.3 is 0 Å². The van der Waals surface area contributed by atoms with Crippen LogP contribution in [0.15, 0.2) is 84.3 Å². The zero-order valence-electron chi connectivity index (χ0n) is 20.8. The summed E-state index contributed by atoms with van der Waals surface area (Å²) in [6.07, 6.45) is 5.21. The summed E-state index contributed by atoms with van der Waals surface area (Å²) in [6, 6.07) is 19.0. The van der Waals surface area contributed by atoms with Crippen LogP contribution in [-0.4, -0.2) is 44.2 Å². The summed E-state index contributed by atoms with van der Waals surface area (Å²) < 4.78 is 12.2. The van der Waals surface area contributed by atoms with Gasteiger partial charge in [-0.3, -0.25) is 14.2 Å². The highest BCUT2D eigenvalue weighted by Gasteiger charge is 2.35. The largest absolute Gasteiger partial charge is 0.455 e. The summed E-state index contributed by atoms with van der Waals surface area (Å²) >= 11 is 0. The Morgan fingerprint density at radius 3 is 2.51 bits per heavy atom. The lowest BCUT2D eigenvalue weighted by Gasteiger charge is -2.38. The van der Waals surface area contributed by atoms with Gasteiger partial charge in [-0.15, -0.1) is 0 Å². The quantitative estimate of drug-likeness (QED) is 0.527. The van der Waals surface area contributed by atoms with Crippen LogP contribution in [0.3, 0.4) is 0 Å². The third-order valence-corrected chi connectivity index (χ3v) is 7.15. The van der Waals surface area contributed by atoms with Gasteiger partial charge < -0.3 is 19.5 Å². The van der Waals surface area contributed by atoms with Crippen LogP contribution in [0, 0.1) is 0 Å². The zero-order valence-corrected chi connectivity index (χ0v) is 20.8. The van der Waals surface area contributed by atoms with Crippen molar-refractivity contribution in [3.63, 3.8) is 0 Å². The van der Waals surface area contributed by atoms with E-state index in [0.717, 1.165) is 16.7 Å². The van der Waals surface area contributed by atoms with Gasteiger partial charge in [0.15, 0.2) is 0 Å². The van der Waals surface area contributed by atoms with Crippen LogP contribution >= 0.6 is 0 Å². The van der Waals surface area contributed by atoms with Gasteiger partial charge in [0, 0.05) is 36.7 Å². The molecule has 192 valence electrons. The summed E-state index contributed by atoms with van der Waals surface area (Å²) in [7, 11) is 0. The second-order valence-corrected chi connectivity index (χ2v) is 9.86. The molecular weight excluding hydrogens is 470 g/mol. The number of rotatable bonds is 7. The lowest BCUT2D eigenvalue weighted by Crippen LogP contribution is -2.49. The molecule has 0 unspecified atom stereocenters. The van der Waals surface area contributed by atoms with E-state index < -0.39 is 11.9 Å². The minimum Gasteiger partial charge on any atom is -0.455 e. The predicted molar refractivity (Wildman–Crippen MR) is 138 cm³/mol. The fourth-order valence-corrected chi connectivity index (χ4v) is 4.88. The first-order chi connectivity index (χ1) is 17.9. The molecule has 1 atom stereocenters. The van der Waals surface area contributed by atoms with E-state index in [9.17, 15) is 14.7 Å². The van der Waals surface area contributed by atoms with Crippen molar-refractivity contribution in [2.24, 2.45) is 0 Å². The normalized spacial score (nSPS) is 17.7. The molecule has 2 aromatic carbocycles. The highest BCUT2D eigenvalue weighted by Crippen LogP contribution is 2.28. The third-order valence-electron chi connectivity index (χ3n) is 7.15. The van der Waals surface area contributed by atoms with Crippen LogP contribution in [-0.2, 0) is 20.8 Å². The first-order valence-corrected chi connectivity index (χ1v) is 12.6. The van der Waals surface area contributed by atoms with Crippen molar-refractivity contribution in [3.05, 3.63) is 101 Å².